The van der Waals surface area contributed by atoms with Gasteiger partial charge in [0, 0.05) is 25.7 Å². The molecule has 0 saturated carbocycles. The van der Waals surface area contributed by atoms with Crippen LogP contribution in [0, 0.1) is 0 Å². The molecule has 0 spiro atoms. The second kappa shape index (κ2) is 4.89. The Balaban J connectivity index is 1.88. The van der Waals surface area contributed by atoms with Gasteiger partial charge >= 0.3 is 0 Å². The van der Waals surface area contributed by atoms with E-state index in [1.807, 2.05) is 12.1 Å². The molecule has 0 fully saturated rings. The number of benzene rings is 2. The van der Waals surface area contributed by atoms with Crippen molar-refractivity contribution in [3.63, 3.8) is 0 Å². The van der Waals surface area contributed by atoms with Gasteiger partial charge in [-0.25, -0.2) is 0 Å². The molecule has 102 valence electrons. The molecule has 1 aliphatic heterocycles. The number of rotatable bonds is 2. The molecule has 2 aromatic rings. The smallest absolute Gasteiger partial charge is 0.251 e. The van der Waals surface area contributed by atoms with Crippen LogP contribution in [-0.2, 0) is 13.1 Å². The summed E-state index contributed by atoms with van der Waals surface area (Å²) in [5.74, 6) is -0.118. The Labute approximate surface area is 118 Å². The fourth-order valence-electron chi connectivity index (χ4n) is 2.63. The number of nitrogens with one attached hydrogen (secondary N) is 1. The predicted molar refractivity (Wildman–Crippen MR) is 80.6 cm³/mol. The van der Waals surface area contributed by atoms with Crippen molar-refractivity contribution in [2.75, 3.05) is 17.7 Å². The standard InChI is InChI=1S/C16H17N3O/c1-18-16(20)11-6-7-15(14(17)8-11)19-9-12-4-2-3-5-13(12)10-19/h2-8H,9-10,17H2,1H3,(H,18,20). The number of amides is 1. The molecule has 1 heterocycles. The van der Waals surface area contributed by atoms with Crippen LogP contribution in [0.25, 0.3) is 0 Å². The van der Waals surface area contributed by atoms with E-state index in [1.165, 1.54) is 11.1 Å². The van der Waals surface area contributed by atoms with Gasteiger partial charge in [0.1, 0.15) is 0 Å². The van der Waals surface area contributed by atoms with Crippen LogP contribution in [0.5, 0.6) is 0 Å². The van der Waals surface area contributed by atoms with E-state index in [1.54, 1.807) is 13.1 Å². The van der Waals surface area contributed by atoms with Crippen molar-refractivity contribution < 1.29 is 4.79 Å². The number of nitrogen functional groups attached to an aromatic ring is 1. The zero-order chi connectivity index (χ0) is 14.1. The molecule has 0 unspecified atom stereocenters. The van der Waals surface area contributed by atoms with Crippen molar-refractivity contribution in [2.24, 2.45) is 0 Å². The Morgan fingerprint density at radius 2 is 1.80 bits per heavy atom. The highest BCUT2D eigenvalue weighted by atomic mass is 16.1. The van der Waals surface area contributed by atoms with Gasteiger partial charge < -0.3 is 16.0 Å². The molecule has 1 aliphatic rings. The third kappa shape index (κ3) is 2.09. The van der Waals surface area contributed by atoms with Gasteiger partial charge in [-0.05, 0) is 29.3 Å². The van der Waals surface area contributed by atoms with Crippen LogP contribution in [-0.4, -0.2) is 13.0 Å². The van der Waals surface area contributed by atoms with Gasteiger partial charge in [-0.3, -0.25) is 4.79 Å². The number of carbonyl (C=O) groups excluding carboxylic acids is 1. The molecular weight excluding hydrogens is 250 g/mol. The van der Waals surface area contributed by atoms with E-state index in [4.69, 9.17) is 5.73 Å². The summed E-state index contributed by atoms with van der Waals surface area (Å²) in [6.07, 6.45) is 0. The van der Waals surface area contributed by atoms with E-state index < -0.39 is 0 Å². The number of nitrogens with zero attached hydrogens (tertiary/aromatic N) is 1. The Morgan fingerprint density at radius 3 is 2.35 bits per heavy atom. The average molecular weight is 267 g/mol. The number of hydrogen-bond donors (Lipinski definition) is 2. The summed E-state index contributed by atoms with van der Waals surface area (Å²) < 4.78 is 0. The summed E-state index contributed by atoms with van der Waals surface area (Å²) in [6.45, 7) is 1.72. The number of carbonyl (C=O) groups is 1. The number of nitrogens with two attached hydrogens (primary N) is 1. The van der Waals surface area contributed by atoms with Crippen molar-refractivity contribution in [3.8, 4) is 0 Å². The first-order valence-corrected chi connectivity index (χ1v) is 6.62. The van der Waals surface area contributed by atoms with Gasteiger partial charge in [0.15, 0.2) is 0 Å². The van der Waals surface area contributed by atoms with Gasteiger partial charge in [0.05, 0.1) is 11.4 Å². The van der Waals surface area contributed by atoms with Crippen LogP contribution < -0.4 is 16.0 Å². The van der Waals surface area contributed by atoms with Crippen molar-refractivity contribution in [2.45, 2.75) is 13.1 Å². The lowest BCUT2D eigenvalue weighted by Crippen LogP contribution is -2.20. The first-order chi connectivity index (χ1) is 9.69. The number of anilines is 2. The largest absolute Gasteiger partial charge is 0.397 e. The summed E-state index contributed by atoms with van der Waals surface area (Å²) >= 11 is 0. The predicted octanol–water partition coefficient (Wildman–Crippen LogP) is 2.15. The summed E-state index contributed by atoms with van der Waals surface area (Å²) in [6, 6.07) is 13.9. The third-order valence-corrected chi connectivity index (χ3v) is 3.70. The summed E-state index contributed by atoms with van der Waals surface area (Å²) in [5, 5.41) is 2.60. The van der Waals surface area contributed by atoms with Crippen LogP contribution in [0.4, 0.5) is 11.4 Å². The van der Waals surface area contributed by atoms with Crippen LogP contribution in [0.2, 0.25) is 0 Å². The highest BCUT2D eigenvalue weighted by molar-refractivity contribution is 5.96. The molecule has 0 radical (unpaired) electrons. The van der Waals surface area contributed by atoms with E-state index in [9.17, 15) is 4.79 Å². The lowest BCUT2D eigenvalue weighted by molar-refractivity contribution is 0.0963. The monoisotopic (exact) mass is 267 g/mol. The van der Waals surface area contributed by atoms with Crippen LogP contribution in [0.1, 0.15) is 21.5 Å². The number of hydrogen-bond acceptors (Lipinski definition) is 3. The molecule has 4 nitrogen and oxygen atoms in total. The molecule has 0 saturated heterocycles. The average Bonchev–Trinajstić information content (AvgIpc) is 2.89. The Morgan fingerprint density at radius 1 is 1.15 bits per heavy atom. The van der Waals surface area contributed by atoms with Gasteiger partial charge in [0.2, 0.25) is 0 Å². The molecule has 0 atom stereocenters. The van der Waals surface area contributed by atoms with E-state index in [-0.39, 0.29) is 5.91 Å². The summed E-state index contributed by atoms with van der Waals surface area (Å²) in [4.78, 5) is 13.8. The Kier molecular flexibility index (Phi) is 3.06. The lowest BCUT2D eigenvalue weighted by Gasteiger charge is -2.20. The zero-order valence-electron chi connectivity index (χ0n) is 11.4. The van der Waals surface area contributed by atoms with E-state index >= 15 is 0 Å². The molecule has 3 rings (SSSR count). The van der Waals surface area contributed by atoms with Crippen molar-refractivity contribution in [1.29, 1.82) is 0 Å². The SMILES string of the molecule is CNC(=O)c1ccc(N2Cc3ccccc3C2)c(N)c1. The van der Waals surface area contributed by atoms with Crippen LogP contribution >= 0.6 is 0 Å². The zero-order valence-corrected chi connectivity index (χ0v) is 11.4. The van der Waals surface area contributed by atoms with E-state index in [0.717, 1.165) is 18.8 Å². The van der Waals surface area contributed by atoms with Crippen molar-refractivity contribution in [1.82, 2.24) is 5.32 Å². The highest BCUT2D eigenvalue weighted by Crippen LogP contribution is 2.32. The van der Waals surface area contributed by atoms with Gasteiger partial charge in [-0.1, -0.05) is 24.3 Å². The summed E-state index contributed by atoms with van der Waals surface area (Å²) in [7, 11) is 1.61. The molecule has 20 heavy (non-hydrogen) atoms. The van der Waals surface area contributed by atoms with Gasteiger partial charge in [-0.15, -0.1) is 0 Å². The minimum atomic E-state index is -0.118. The molecular formula is C16H17N3O. The second-order valence-corrected chi connectivity index (χ2v) is 4.98. The minimum absolute atomic E-state index is 0.118. The number of fused-ring (bicyclic) bond motifs is 1. The fourth-order valence-corrected chi connectivity index (χ4v) is 2.63. The lowest BCUT2D eigenvalue weighted by atomic mass is 10.1. The van der Waals surface area contributed by atoms with E-state index in [0.29, 0.717) is 11.3 Å². The molecule has 0 aromatic heterocycles. The third-order valence-electron chi connectivity index (χ3n) is 3.70. The fraction of sp³-hybridized carbons (Fsp3) is 0.188. The van der Waals surface area contributed by atoms with Crippen LogP contribution in [0.3, 0.4) is 0 Å². The second-order valence-electron chi connectivity index (χ2n) is 4.98. The topological polar surface area (TPSA) is 58.4 Å². The first-order valence-electron chi connectivity index (χ1n) is 6.62. The molecule has 4 heteroatoms. The molecule has 0 aliphatic carbocycles. The maximum absolute atomic E-state index is 11.6. The first kappa shape index (κ1) is 12.5. The Bertz CT molecular complexity index is 642. The normalized spacial score (nSPS) is 13.2. The maximum Gasteiger partial charge on any atom is 0.251 e. The highest BCUT2D eigenvalue weighted by Gasteiger charge is 2.20. The van der Waals surface area contributed by atoms with Crippen molar-refractivity contribution >= 4 is 17.3 Å². The van der Waals surface area contributed by atoms with Gasteiger partial charge in [-0.2, -0.15) is 0 Å². The van der Waals surface area contributed by atoms with Crippen LogP contribution in [0.15, 0.2) is 42.5 Å². The molecule has 2 aromatic carbocycles. The maximum atomic E-state index is 11.6. The molecule has 0 bridgehead atoms. The summed E-state index contributed by atoms with van der Waals surface area (Å²) in [5.41, 5.74) is 11.0. The Hall–Kier alpha value is -2.49. The molecule has 1 amide bonds. The quantitative estimate of drug-likeness (QED) is 0.820. The van der Waals surface area contributed by atoms with Gasteiger partial charge in [0.25, 0.3) is 5.91 Å². The van der Waals surface area contributed by atoms with E-state index in [2.05, 4.69) is 34.5 Å². The molecule has 3 N–H and O–H groups in total. The van der Waals surface area contributed by atoms with Crippen molar-refractivity contribution in [3.05, 3.63) is 59.2 Å². The minimum Gasteiger partial charge on any atom is -0.397 e.